The third kappa shape index (κ3) is 6.61. The SMILES string of the molecule is C[C@H](CCOC(=O)CN1CCCCC1)CCc1ccccc1. The lowest BCUT2D eigenvalue weighted by molar-refractivity contribution is -0.145. The summed E-state index contributed by atoms with van der Waals surface area (Å²) in [4.78, 5) is 14.0. The second-order valence-electron chi connectivity index (χ2n) is 6.48. The molecule has 122 valence electrons. The number of likely N-dealkylation sites (tertiary alicyclic amines) is 1. The van der Waals surface area contributed by atoms with Gasteiger partial charge in [0.05, 0.1) is 13.2 Å². The van der Waals surface area contributed by atoms with Crippen molar-refractivity contribution in [1.29, 1.82) is 0 Å². The Morgan fingerprint density at radius 2 is 1.86 bits per heavy atom. The van der Waals surface area contributed by atoms with Crippen LogP contribution in [0.15, 0.2) is 30.3 Å². The quantitative estimate of drug-likeness (QED) is 0.686. The van der Waals surface area contributed by atoms with E-state index in [-0.39, 0.29) is 5.97 Å². The van der Waals surface area contributed by atoms with E-state index in [9.17, 15) is 4.79 Å². The smallest absolute Gasteiger partial charge is 0.320 e. The highest BCUT2D eigenvalue weighted by molar-refractivity contribution is 5.71. The minimum atomic E-state index is -0.0582. The van der Waals surface area contributed by atoms with E-state index < -0.39 is 0 Å². The van der Waals surface area contributed by atoms with Gasteiger partial charge in [-0.05, 0) is 56.7 Å². The second kappa shape index (κ2) is 9.62. The molecule has 0 N–H and O–H groups in total. The minimum Gasteiger partial charge on any atom is -0.465 e. The molecule has 1 saturated heterocycles. The Labute approximate surface area is 134 Å². The van der Waals surface area contributed by atoms with Crippen LogP contribution in [0.5, 0.6) is 0 Å². The van der Waals surface area contributed by atoms with Crippen LogP contribution in [0.3, 0.4) is 0 Å². The Bertz CT molecular complexity index is 426. The minimum absolute atomic E-state index is 0.0582. The van der Waals surface area contributed by atoms with Crippen LogP contribution in [-0.2, 0) is 16.0 Å². The molecule has 0 unspecified atom stereocenters. The predicted molar refractivity (Wildman–Crippen MR) is 89.8 cm³/mol. The first-order chi connectivity index (χ1) is 10.7. The summed E-state index contributed by atoms with van der Waals surface area (Å²) in [6.07, 6.45) is 6.92. The van der Waals surface area contributed by atoms with Gasteiger partial charge in [-0.2, -0.15) is 0 Å². The number of ether oxygens (including phenoxy) is 1. The van der Waals surface area contributed by atoms with Crippen LogP contribution in [0.2, 0.25) is 0 Å². The molecule has 1 aliphatic heterocycles. The van der Waals surface area contributed by atoms with Gasteiger partial charge in [0.25, 0.3) is 0 Å². The summed E-state index contributed by atoms with van der Waals surface area (Å²) in [7, 11) is 0. The Morgan fingerprint density at radius 3 is 2.59 bits per heavy atom. The van der Waals surface area contributed by atoms with Crippen LogP contribution in [0.1, 0.15) is 44.6 Å². The Kier molecular flexibility index (Phi) is 7.44. The van der Waals surface area contributed by atoms with Gasteiger partial charge in [0, 0.05) is 0 Å². The van der Waals surface area contributed by atoms with E-state index in [0.29, 0.717) is 19.1 Å². The molecule has 0 aromatic heterocycles. The van der Waals surface area contributed by atoms with Gasteiger partial charge in [-0.25, -0.2) is 0 Å². The van der Waals surface area contributed by atoms with E-state index in [1.807, 2.05) is 0 Å². The highest BCUT2D eigenvalue weighted by Crippen LogP contribution is 2.13. The van der Waals surface area contributed by atoms with Crippen molar-refractivity contribution in [3.63, 3.8) is 0 Å². The summed E-state index contributed by atoms with van der Waals surface area (Å²) in [5.74, 6) is 0.528. The standard InChI is InChI=1S/C19H29NO2/c1-17(10-11-18-8-4-2-5-9-18)12-15-22-19(21)16-20-13-6-3-7-14-20/h2,4-5,8-9,17H,3,6-7,10-16H2,1H3/t17-/m0/s1. The number of carbonyl (C=O) groups is 1. The summed E-state index contributed by atoms with van der Waals surface area (Å²) in [5.41, 5.74) is 1.39. The van der Waals surface area contributed by atoms with Gasteiger partial charge in [-0.1, -0.05) is 43.7 Å². The monoisotopic (exact) mass is 303 g/mol. The zero-order valence-electron chi connectivity index (χ0n) is 13.8. The molecule has 3 heteroatoms. The first kappa shape index (κ1) is 17.0. The molecule has 1 aromatic carbocycles. The highest BCUT2D eigenvalue weighted by atomic mass is 16.5. The molecule has 1 atom stereocenters. The number of esters is 1. The zero-order chi connectivity index (χ0) is 15.6. The zero-order valence-corrected chi connectivity index (χ0v) is 13.8. The maximum absolute atomic E-state index is 11.8. The van der Waals surface area contributed by atoms with Crippen LogP contribution >= 0.6 is 0 Å². The number of benzene rings is 1. The first-order valence-corrected chi connectivity index (χ1v) is 8.66. The summed E-state index contributed by atoms with van der Waals surface area (Å²) in [6, 6.07) is 10.6. The van der Waals surface area contributed by atoms with E-state index in [2.05, 4.69) is 42.2 Å². The Hall–Kier alpha value is -1.35. The number of piperidine rings is 1. The molecule has 0 radical (unpaired) electrons. The Balaban J connectivity index is 1.54. The fraction of sp³-hybridized carbons (Fsp3) is 0.632. The van der Waals surface area contributed by atoms with Crippen molar-refractivity contribution >= 4 is 5.97 Å². The largest absolute Gasteiger partial charge is 0.465 e. The van der Waals surface area contributed by atoms with E-state index in [4.69, 9.17) is 4.74 Å². The molecule has 0 spiro atoms. The summed E-state index contributed by atoms with van der Waals surface area (Å²) in [6.45, 7) is 5.35. The third-order valence-electron chi connectivity index (χ3n) is 4.44. The lowest BCUT2D eigenvalue weighted by atomic mass is 9.99. The number of carbonyl (C=O) groups excluding carboxylic acids is 1. The molecule has 0 aliphatic carbocycles. The molecule has 3 nitrogen and oxygen atoms in total. The molecule has 1 aromatic rings. The van der Waals surface area contributed by atoms with E-state index in [1.165, 1.54) is 24.8 Å². The van der Waals surface area contributed by atoms with Gasteiger partial charge in [0.2, 0.25) is 0 Å². The summed E-state index contributed by atoms with van der Waals surface area (Å²) < 4.78 is 5.39. The van der Waals surface area contributed by atoms with Crippen molar-refractivity contribution in [2.24, 2.45) is 5.92 Å². The van der Waals surface area contributed by atoms with Crippen molar-refractivity contribution in [3.05, 3.63) is 35.9 Å². The maximum Gasteiger partial charge on any atom is 0.320 e. The fourth-order valence-corrected chi connectivity index (χ4v) is 2.92. The van der Waals surface area contributed by atoms with Crippen molar-refractivity contribution in [1.82, 2.24) is 4.90 Å². The number of aryl methyl sites for hydroxylation is 1. The van der Waals surface area contributed by atoms with Crippen molar-refractivity contribution in [2.45, 2.75) is 45.4 Å². The molecular formula is C19H29NO2. The molecule has 1 fully saturated rings. The van der Waals surface area contributed by atoms with E-state index in [0.717, 1.165) is 32.4 Å². The number of nitrogens with zero attached hydrogens (tertiary/aromatic N) is 1. The van der Waals surface area contributed by atoms with Crippen molar-refractivity contribution in [3.8, 4) is 0 Å². The normalized spacial score (nSPS) is 17.1. The van der Waals surface area contributed by atoms with Gasteiger partial charge in [-0.15, -0.1) is 0 Å². The van der Waals surface area contributed by atoms with Crippen LogP contribution in [-0.4, -0.2) is 37.1 Å². The third-order valence-corrected chi connectivity index (χ3v) is 4.44. The van der Waals surface area contributed by atoms with Gasteiger partial charge < -0.3 is 4.74 Å². The van der Waals surface area contributed by atoms with E-state index >= 15 is 0 Å². The lowest BCUT2D eigenvalue weighted by Gasteiger charge is -2.25. The van der Waals surface area contributed by atoms with E-state index in [1.54, 1.807) is 0 Å². The molecule has 0 saturated carbocycles. The van der Waals surface area contributed by atoms with Crippen LogP contribution in [0.25, 0.3) is 0 Å². The van der Waals surface area contributed by atoms with Crippen LogP contribution in [0, 0.1) is 5.92 Å². The van der Waals surface area contributed by atoms with Crippen LogP contribution < -0.4 is 0 Å². The molecule has 22 heavy (non-hydrogen) atoms. The van der Waals surface area contributed by atoms with Crippen LogP contribution in [0.4, 0.5) is 0 Å². The fourth-order valence-electron chi connectivity index (χ4n) is 2.92. The second-order valence-corrected chi connectivity index (χ2v) is 6.48. The van der Waals surface area contributed by atoms with Crippen molar-refractivity contribution < 1.29 is 9.53 Å². The van der Waals surface area contributed by atoms with Gasteiger partial charge in [0.1, 0.15) is 0 Å². The average Bonchev–Trinajstić information content (AvgIpc) is 2.55. The molecule has 1 aliphatic rings. The average molecular weight is 303 g/mol. The molecule has 1 heterocycles. The topological polar surface area (TPSA) is 29.5 Å². The maximum atomic E-state index is 11.8. The summed E-state index contributed by atoms with van der Waals surface area (Å²) in [5, 5.41) is 0. The van der Waals surface area contributed by atoms with Gasteiger partial charge in [0.15, 0.2) is 0 Å². The highest BCUT2D eigenvalue weighted by Gasteiger charge is 2.14. The van der Waals surface area contributed by atoms with Gasteiger partial charge in [-0.3, -0.25) is 9.69 Å². The lowest BCUT2D eigenvalue weighted by Crippen LogP contribution is -2.35. The predicted octanol–water partition coefficient (Wildman–Crippen LogP) is 3.67. The van der Waals surface area contributed by atoms with Gasteiger partial charge >= 0.3 is 5.97 Å². The molecule has 0 bridgehead atoms. The number of rotatable bonds is 8. The number of hydrogen-bond donors (Lipinski definition) is 0. The molecular weight excluding hydrogens is 274 g/mol. The first-order valence-electron chi connectivity index (χ1n) is 8.66. The molecule has 2 rings (SSSR count). The molecule has 0 amide bonds. The summed E-state index contributed by atoms with van der Waals surface area (Å²) >= 11 is 0. The number of hydrogen-bond acceptors (Lipinski definition) is 3. The van der Waals surface area contributed by atoms with Crippen molar-refractivity contribution in [2.75, 3.05) is 26.2 Å². The Morgan fingerprint density at radius 1 is 1.14 bits per heavy atom.